The van der Waals surface area contributed by atoms with Crippen molar-refractivity contribution in [1.82, 2.24) is 0 Å². The van der Waals surface area contributed by atoms with Gasteiger partial charge in [-0.25, -0.2) is 13.6 Å². The Hall–Kier alpha value is -2.88. The van der Waals surface area contributed by atoms with E-state index >= 15 is 0 Å². The van der Waals surface area contributed by atoms with Gasteiger partial charge in [-0.15, -0.1) is 0 Å². The summed E-state index contributed by atoms with van der Waals surface area (Å²) in [7, 11) is -3.86. The Morgan fingerprint density at radius 2 is 1.71 bits per heavy atom. The highest BCUT2D eigenvalue weighted by Crippen LogP contribution is 2.36. The summed E-state index contributed by atoms with van der Waals surface area (Å²) < 4.78 is 29.0. The molecule has 1 aliphatic heterocycles. The largest absolute Gasteiger partial charge is 0.487 e. The Balaban J connectivity index is 1.66. The predicted octanol–water partition coefficient (Wildman–Crippen LogP) is 5.68. The van der Waals surface area contributed by atoms with Crippen molar-refractivity contribution in [3.8, 4) is 5.75 Å². The number of hydrogen-bond acceptors (Lipinski definition) is 5. The lowest BCUT2D eigenvalue weighted by atomic mass is 10.1. The first-order valence-corrected chi connectivity index (χ1v) is 12.8. The van der Waals surface area contributed by atoms with Crippen LogP contribution in [0, 0.1) is 0 Å². The molecule has 0 saturated heterocycles. The number of carbonyl (C=O) groups is 1. The number of hydrogen-bond donors (Lipinski definition) is 1. The number of rotatable bonds is 6. The normalized spacial score (nSPS) is 15.0. The highest BCUT2D eigenvalue weighted by Gasteiger charge is 2.29. The molecule has 0 bridgehead atoms. The van der Waals surface area contributed by atoms with Gasteiger partial charge in [-0.1, -0.05) is 53.0 Å². The maximum Gasteiger partial charge on any atom is 0.280 e. The van der Waals surface area contributed by atoms with Gasteiger partial charge in [-0.2, -0.15) is 10.1 Å². The number of sulfonamides is 1. The zero-order chi connectivity index (χ0) is 25.3. The molecule has 0 aliphatic carbocycles. The minimum atomic E-state index is -3.86. The summed E-state index contributed by atoms with van der Waals surface area (Å²) >= 11 is 18.9. The van der Waals surface area contributed by atoms with Crippen molar-refractivity contribution >= 4 is 68.2 Å². The van der Waals surface area contributed by atoms with E-state index in [0.29, 0.717) is 38.3 Å². The molecular formula is C24H18Cl3N3O4S. The van der Waals surface area contributed by atoms with Crippen molar-refractivity contribution in [3.63, 3.8) is 0 Å². The van der Waals surface area contributed by atoms with Crippen molar-refractivity contribution in [2.75, 3.05) is 5.01 Å². The molecule has 3 aromatic rings. The number of amides is 1. The number of halogens is 3. The number of nitrogens with two attached hydrogens (primary N) is 1. The van der Waals surface area contributed by atoms with Crippen LogP contribution in [0.5, 0.6) is 5.75 Å². The Kier molecular flexibility index (Phi) is 7.21. The lowest BCUT2D eigenvalue weighted by Crippen LogP contribution is -2.21. The maximum atomic E-state index is 13.2. The second-order valence-corrected chi connectivity index (χ2v) is 10.4. The average molecular weight is 551 g/mol. The molecule has 35 heavy (non-hydrogen) atoms. The lowest BCUT2D eigenvalue weighted by molar-refractivity contribution is -0.114. The van der Waals surface area contributed by atoms with Crippen LogP contribution in [0.3, 0.4) is 0 Å². The minimum absolute atomic E-state index is 0.0711. The van der Waals surface area contributed by atoms with Crippen LogP contribution in [-0.4, -0.2) is 20.0 Å². The van der Waals surface area contributed by atoms with Gasteiger partial charge in [0.2, 0.25) is 10.0 Å². The van der Waals surface area contributed by atoms with E-state index in [4.69, 9.17) is 44.7 Å². The van der Waals surface area contributed by atoms with E-state index < -0.39 is 15.9 Å². The fourth-order valence-corrected chi connectivity index (χ4v) is 4.67. The molecule has 0 spiro atoms. The van der Waals surface area contributed by atoms with Gasteiger partial charge in [0.1, 0.15) is 12.4 Å². The van der Waals surface area contributed by atoms with Crippen molar-refractivity contribution in [2.45, 2.75) is 18.4 Å². The molecule has 3 aromatic carbocycles. The quantitative estimate of drug-likeness (QED) is 0.399. The van der Waals surface area contributed by atoms with Crippen LogP contribution in [0.15, 0.2) is 76.2 Å². The van der Waals surface area contributed by atoms with E-state index in [-0.39, 0.29) is 16.5 Å². The monoisotopic (exact) mass is 549 g/mol. The first-order chi connectivity index (χ1) is 16.5. The number of anilines is 1. The smallest absolute Gasteiger partial charge is 0.280 e. The van der Waals surface area contributed by atoms with E-state index in [1.54, 1.807) is 31.2 Å². The van der Waals surface area contributed by atoms with E-state index in [0.717, 1.165) is 5.56 Å². The summed E-state index contributed by atoms with van der Waals surface area (Å²) in [6.45, 7) is 1.83. The number of ether oxygens (including phenoxy) is 1. The molecule has 180 valence electrons. The Morgan fingerprint density at radius 3 is 2.37 bits per heavy atom. The molecule has 7 nitrogen and oxygen atoms in total. The van der Waals surface area contributed by atoms with Crippen LogP contribution >= 0.6 is 34.8 Å². The van der Waals surface area contributed by atoms with Crippen LogP contribution in [0.1, 0.15) is 18.1 Å². The summed E-state index contributed by atoms with van der Waals surface area (Å²) in [5.74, 6) is -0.0842. The molecule has 2 N–H and O–H groups in total. The van der Waals surface area contributed by atoms with Crippen LogP contribution in [-0.2, 0) is 21.4 Å². The molecule has 1 amide bonds. The van der Waals surface area contributed by atoms with Gasteiger partial charge in [-0.05, 0) is 55.5 Å². The van der Waals surface area contributed by atoms with Gasteiger partial charge in [0.15, 0.2) is 0 Å². The second kappa shape index (κ2) is 10.0. The number of nitrogens with zero attached hydrogens (tertiary/aromatic N) is 2. The molecular weight excluding hydrogens is 533 g/mol. The Labute approximate surface area is 217 Å². The van der Waals surface area contributed by atoms with Crippen LogP contribution in [0.4, 0.5) is 5.69 Å². The highest BCUT2D eigenvalue weighted by atomic mass is 35.5. The molecule has 11 heteroatoms. The fourth-order valence-electron chi connectivity index (χ4n) is 3.40. The standard InChI is InChI=1S/C24H18Cl3N3O4S/c1-14-20(24(31)30(29-14)18-6-8-19(9-7-18)35(28,32)33)11-16-10-17(25)12-22(27)23(16)34-13-15-4-2-3-5-21(15)26/h2-12H,13H2,1H3,(H2,28,32,33)/b20-11-. The Bertz CT molecular complexity index is 1490. The summed E-state index contributed by atoms with van der Waals surface area (Å²) in [5.41, 5.74) is 2.37. The second-order valence-electron chi connectivity index (χ2n) is 7.59. The fraction of sp³-hybridized carbons (Fsp3) is 0.0833. The molecule has 1 aliphatic rings. The van der Waals surface area contributed by atoms with Crippen LogP contribution < -0.4 is 14.9 Å². The van der Waals surface area contributed by atoms with Crippen LogP contribution in [0.25, 0.3) is 6.08 Å². The molecule has 0 atom stereocenters. The summed E-state index contributed by atoms with van der Waals surface area (Å²) in [5, 5.41) is 11.8. The topological polar surface area (TPSA) is 102 Å². The molecule has 0 fully saturated rings. The first kappa shape index (κ1) is 25.2. The average Bonchev–Trinajstić information content (AvgIpc) is 3.07. The van der Waals surface area contributed by atoms with Gasteiger partial charge >= 0.3 is 0 Å². The van der Waals surface area contributed by atoms with Gasteiger partial charge in [0.25, 0.3) is 5.91 Å². The molecule has 0 unspecified atom stereocenters. The van der Waals surface area contributed by atoms with Crippen LogP contribution in [0.2, 0.25) is 15.1 Å². The van der Waals surface area contributed by atoms with E-state index in [2.05, 4.69) is 5.10 Å². The van der Waals surface area contributed by atoms with E-state index in [1.807, 2.05) is 18.2 Å². The summed E-state index contributed by atoms with van der Waals surface area (Å²) in [6, 6.07) is 15.9. The molecule has 4 rings (SSSR count). The van der Waals surface area contributed by atoms with Crippen molar-refractivity contribution in [1.29, 1.82) is 0 Å². The zero-order valence-electron chi connectivity index (χ0n) is 18.2. The zero-order valence-corrected chi connectivity index (χ0v) is 21.3. The lowest BCUT2D eigenvalue weighted by Gasteiger charge is -2.14. The number of primary sulfonamides is 1. The van der Waals surface area contributed by atoms with Crippen molar-refractivity contribution in [3.05, 3.63) is 92.4 Å². The van der Waals surface area contributed by atoms with Crippen molar-refractivity contribution in [2.24, 2.45) is 10.2 Å². The first-order valence-electron chi connectivity index (χ1n) is 10.1. The van der Waals surface area contributed by atoms with Gasteiger partial charge in [0, 0.05) is 21.2 Å². The number of hydrazone groups is 1. The number of carbonyl (C=O) groups excluding carboxylic acids is 1. The Morgan fingerprint density at radius 1 is 1.03 bits per heavy atom. The van der Waals surface area contributed by atoms with E-state index in [9.17, 15) is 13.2 Å². The third-order valence-corrected chi connectivity index (χ3v) is 6.94. The molecule has 0 aromatic heterocycles. The van der Waals surface area contributed by atoms with Gasteiger partial charge in [-0.3, -0.25) is 4.79 Å². The third-order valence-electron chi connectivity index (χ3n) is 5.14. The minimum Gasteiger partial charge on any atom is -0.487 e. The molecule has 1 heterocycles. The highest BCUT2D eigenvalue weighted by molar-refractivity contribution is 7.89. The van der Waals surface area contributed by atoms with Gasteiger partial charge < -0.3 is 4.74 Å². The van der Waals surface area contributed by atoms with E-state index in [1.165, 1.54) is 29.3 Å². The predicted molar refractivity (Wildman–Crippen MR) is 139 cm³/mol. The van der Waals surface area contributed by atoms with Gasteiger partial charge in [0.05, 0.1) is 26.9 Å². The summed E-state index contributed by atoms with van der Waals surface area (Å²) in [6.07, 6.45) is 1.60. The molecule has 0 radical (unpaired) electrons. The molecule has 0 saturated carbocycles. The maximum absolute atomic E-state index is 13.2. The third kappa shape index (κ3) is 5.52. The van der Waals surface area contributed by atoms with Crippen molar-refractivity contribution < 1.29 is 17.9 Å². The number of benzene rings is 3. The SMILES string of the molecule is CC1=NN(c2ccc(S(N)(=O)=O)cc2)C(=O)/C1=C\c1cc(Cl)cc(Cl)c1OCc1ccccc1Cl. The summed E-state index contributed by atoms with van der Waals surface area (Å²) in [4.78, 5) is 13.1.